The smallest absolute Gasteiger partial charge is 0.407 e. The molecule has 0 unspecified atom stereocenters. The van der Waals surface area contributed by atoms with E-state index in [-0.39, 0.29) is 17.2 Å². The molecule has 21 heavy (non-hydrogen) atoms. The molecule has 2 heterocycles. The second kappa shape index (κ2) is 6.11. The monoisotopic (exact) mass is 292 g/mol. The van der Waals surface area contributed by atoms with Gasteiger partial charge < -0.3 is 10.0 Å². The van der Waals surface area contributed by atoms with Gasteiger partial charge in [-0.25, -0.2) is 4.79 Å². The van der Waals surface area contributed by atoms with Crippen LogP contribution in [0.2, 0.25) is 0 Å². The fraction of sp³-hybridized carbons (Fsp3) is 0.533. The van der Waals surface area contributed by atoms with Crippen molar-refractivity contribution in [2.45, 2.75) is 26.2 Å². The Morgan fingerprint density at radius 1 is 1.29 bits per heavy atom. The van der Waals surface area contributed by atoms with Gasteiger partial charge in [-0.15, -0.1) is 0 Å². The molecular weight excluding hydrogens is 272 g/mol. The minimum absolute atomic E-state index is 0.198. The molecule has 0 aromatic carbocycles. The highest BCUT2D eigenvalue weighted by molar-refractivity contribution is 6.05. The van der Waals surface area contributed by atoms with Gasteiger partial charge in [0.15, 0.2) is 0 Å². The molecule has 0 spiro atoms. The number of likely N-dealkylation sites (tertiary alicyclic amines) is 1. The fourth-order valence-electron chi connectivity index (χ4n) is 2.54. The minimum Gasteiger partial charge on any atom is -0.465 e. The van der Waals surface area contributed by atoms with Gasteiger partial charge >= 0.3 is 6.09 Å². The topological polar surface area (TPSA) is 77.9 Å². The van der Waals surface area contributed by atoms with Crippen LogP contribution in [-0.2, 0) is 9.59 Å². The van der Waals surface area contributed by atoms with Crippen LogP contribution in [-0.4, -0.2) is 52.4 Å². The predicted molar refractivity (Wildman–Crippen MR) is 76.6 cm³/mol. The SMILES string of the molecule is CC1(C=CC(=O)N2CCC=CC2=O)CCN(C(=O)O)CC1. The molecule has 6 nitrogen and oxygen atoms in total. The van der Waals surface area contributed by atoms with Crippen molar-refractivity contribution >= 4 is 17.9 Å². The predicted octanol–water partition coefficient (Wildman–Crippen LogP) is 1.64. The van der Waals surface area contributed by atoms with E-state index in [9.17, 15) is 14.4 Å². The first-order valence-corrected chi connectivity index (χ1v) is 7.10. The van der Waals surface area contributed by atoms with Crippen LogP contribution >= 0.6 is 0 Å². The van der Waals surface area contributed by atoms with E-state index in [0.29, 0.717) is 38.9 Å². The lowest BCUT2D eigenvalue weighted by Crippen LogP contribution is -2.41. The maximum Gasteiger partial charge on any atom is 0.407 e. The van der Waals surface area contributed by atoms with E-state index in [4.69, 9.17) is 5.11 Å². The van der Waals surface area contributed by atoms with Gasteiger partial charge in [0.25, 0.3) is 11.8 Å². The fourth-order valence-corrected chi connectivity index (χ4v) is 2.54. The van der Waals surface area contributed by atoms with E-state index >= 15 is 0 Å². The van der Waals surface area contributed by atoms with E-state index in [2.05, 4.69) is 0 Å². The number of carboxylic acid groups (broad SMARTS) is 1. The van der Waals surface area contributed by atoms with Crippen LogP contribution in [0.25, 0.3) is 0 Å². The lowest BCUT2D eigenvalue weighted by atomic mass is 9.80. The van der Waals surface area contributed by atoms with Gasteiger partial charge in [0, 0.05) is 25.7 Å². The Morgan fingerprint density at radius 3 is 2.52 bits per heavy atom. The number of allylic oxidation sites excluding steroid dienone is 1. The van der Waals surface area contributed by atoms with Crippen molar-refractivity contribution in [2.75, 3.05) is 19.6 Å². The average molecular weight is 292 g/mol. The second-order valence-corrected chi connectivity index (χ2v) is 5.78. The molecule has 0 saturated carbocycles. The Bertz CT molecular complexity index is 502. The number of piperidine rings is 1. The van der Waals surface area contributed by atoms with Gasteiger partial charge in [0.1, 0.15) is 0 Å². The Hall–Kier alpha value is -2.11. The summed E-state index contributed by atoms with van der Waals surface area (Å²) in [6.07, 6.45) is 7.60. The van der Waals surface area contributed by atoms with Crippen molar-refractivity contribution < 1.29 is 19.5 Å². The molecule has 0 radical (unpaired) electrons. The highest BCUT2D eigenvalue weighted by Gasteiger charge is 2.30. The molecule has 1 fully saturated rings. The summed E-state index contributed by atoms with van der Waals surface area (Å²) in [5, 5.41) is 8.93. The Balaban J connectivity index is 1.94. The molecular formula is C15H20N2O4. The molecule has 0 atom stereocenters. The van der Waals surface area contributed by atoms with Crippen LogP contribution in [0.3, 0.4) is 0 Å². The summed E-state index contributed by atoms with van der Waals surface area (Å²) in [4.78, 5) is 37.1. The number of amides is 3. The first-order chi connectivity index (χ1) is 9.91. The summed E-state index contributed by atoms with van der Waals surface area (Å²) in [6, 6.07) is 0. The van der Waals surface area contributed by atoms with Gasteiger partial charge in [-0.3, -0.25) is 14.5 Å². The van der Waals surface area contributed by atoms with Crippen LogP contribution in [0.4, 0.5) is 4.79 Å². The van der Waals surface area contributed by atoms with Crippen molar-refractivity contribution in [3.8, 4) is 0 Å². The zero-order valence-corrected chi connectivity index (χ0v) is 12.1. The quantitative estimate of drug-likeness (QED) is 0.785. The van der Waals surface area contributed by atoms with Crippen molar-refractivity contribution in [1.82, 2.24) is 9.80 Å². The van der Waals surface area contributed by atoms with Crippen LogP contribution < -0.4 is 0 Å². The minimum atomic E-state index is -0.900. The normalized spacial score (nSPS) is 21.9. The Kier molecular flexibility index (Phi) is 4.45. The number of carbonyl (C=O) groups is 3. The lowest BCUT2D eigenvalue weighted by Gasteiger charge is -2.36. The third-order valence-electron chi connectivity index (χ3n) is 4.12. The third kappa shape index (κ3) is 3.71. The van der Waals surface area contributed by atoms with Crippen molar-refractivity contribution in [2.24, 2.45) is 5.41 Å². The highest BCUT2D eigenvalue weighted by atomic mass is 16.4. The van der Waals surface area contributed by atoms with E-state index in [1.807, 2.05) is 13.0 Å². The summed E-state index contributed by atoms with van der Waals surface area (Å²) in [5.41, 5.74) is -0.198. The van der Waals surface area contributed by atoms with Gasteiger partial charge in [0.2, 0.25) is 0 Å². The van der Waals surface area contributed by atoms with Gasteiger partial charge in [0.05, 0.1) is 0 Å². The first kappa shape index (κ1) is 15.3. The number of hydrogen-bond acceptors (Lipinski definition) is 3. The van der Waals surface area contributed by atoms with E-state index in [0.717, 1.165) is 0 Å². The van der Waals surface area contributed by atoms with E-state index in [1.165, 1.54) is 22.0 Å². The Labute approximate surface area is 123 Å². The maximum atomic E-state index is 12.0. The van der Waals surface area contributed by atoms with Crippen molar-refractivity contribution in [3.05, 3.63) is 24.3 Å². The number of imide groups is 1. The van der Waals surface area contributed by atoms with Gasteiger partial charge in [-0.2, -0.15) is 0 Å². The zero-order valence-electron chi connectivity index (χ0n) is 12.1. The summed E-state index contributed by atoms with van der Waals surface area (Å²) < 4.78 is 0. The molecule has 1 N–H and O–H groups in total. The number of rotatable bonds is 2. The standard InChI is InChI=1S/C15H20N2O4/c1-15(7-10-16(11-8-15)14(20)21)6-5-13(19)17-9-3-2-4-12(17)18/h2,4-6H,3,7-11H2,1H3,(H,20,21). The average Bonchev–Trinajstić information content (AvgIpc) is 2.46. The molecule has 114 valence electrons. The van der Waals surface area contributed by atoms with Gasteiger partial charge in [-0.1, -0.05) is 19.1 Å². The van der Waals surface area contributed by atoms with Crippen LogP contribution in [0, 0.1) is 5.41 Å². The highest BCUT2D eigenvalue weighted by Crippen LogP contribution is 2.32. The largest absolute Gasteiger partial charge is 0.465 e. The molecule has 0 bridgehead atoms. The zero-order chi connectivity index (χ0) is 15.5. The second-order valence-electron chi connectivity index (χ2n) is 5.78. The molecule has 1 saturated heterocycles. The Morgan fingerprint density at radius 2 is 1.95 bits per heavy atom. The van der Waals surface area contributed by atoms with Crippen molar-refractivity contribution in [3.63, 3.8) is 0 Å². The lowest BCUT2D eigenvalue weighted by molar-refractivity contribution is -0.139. The molecule has 0 aliphatic carbocycles. The van der Waals surface area contributed by atoms with Gasteiger partial charge in [-0.05, 0) is 30.8 Å². The molecule has 2 aliphatic rings. The molecule has 2 rings (SSSR count). The van der Waals surface area contributed by atoms with E-state index in [1.54, 1.807) is 6.08 Å². The summed E-state index contributed by atoms with van der Waals surface area (Å²) in [7, 11) is 0. The molecule has 2 aliphatic heterocycles. The molecule has 3 amide bonds. The number of hydrogen-bond donors (Lipinski definition) is 1. The third-order valence-corrected chi connectivity index (χ3v) is 4.12. The summed E-state index contributed by atoms with van der Waals surface area (Å²) in [6.45, 7) is 3.36. The van der Waals surface area contributed by atoms with Crippen molar-refractivity contribution in [1.29, 1.82) is 0 Å². The molecule has 6 heteroatoms. The van der Waals surface area contributed by atoms with Crippen LogP contribution in [0.15, 0.2) is 24.3 Å². The van der Waals surface area contributed by atoms with Crippen LogP contribution in [0.5, 0.6) is 0 Å². The van der Waals surface area contributed by atoms with E-state index < -0.39 is 6.09 Å². The summed E-state index contributed by atoms with van der Waals surface area (Å²) >= 11 is 0. The first-order valence-electron chi connectivity index (χ1n) is 7.10. The molecule has 0 aromatic rings. The maximum absolute atomic E-state index is 12.0. The summed E-state index contributed by atoms with van der Waals surface area (Å²) in [5.74, 6) is -0.576. The molecule has 0 aromatic heterocycles. The number of carbonyl (C=O) groups excluding carboxylic acids is 2. The number of nitrogens with zero attached hydrogens (tertiary/aromatic N) is 2. The van der Waals surface area contributed by atoms with Crippen LogP contribution in [0.1, 0.15) is 26.2 Å².